The normalized spacial score (nSPS) is 13.7. The van der Waals surface area contributed by atoms with E-state index in [-0.39, 0.29) is 12.2 Å². The van der Waals surface area contributed by atoms with Crippen LogP contribution in [0.15, 0.2) is 24.3 Å². The van der Waals surface area contributed by atoms with Gasteiger partial charge in [0.25, 0.3) is 0 Å². The van der Waals surface area contributed by atoms with Gasteiger partial charge in [0.1, 0.15) is 11.8 Å². The highest BCUT2D eigenvalue weighted by atomic mass is 16.4. The summed E-state index contributed by atoms with van der Waals surface area (Å²) >= 11 is 0. The van der Waals surface area contributed by atoms with Crippen LogP contribution in [0.3, 0.4) is 0 Å². The van der Waals surface area contributed by atoms with Gasteiger partial charge in [0, 0.05) is 0 Å². The molecule has 0 saturated heterocycles. The molecule has 0 aliphatic rings. The first kappa shape index (κ1) is 14.0. The molecule has 0 unspecified atom stereocenters. The Balaban J connectivity index is 2.54. The first-order valence-corrected chi connectivity index (χ1v) is 5.47. The quantitative estimate of drug-likeness (QED) is 0.582. The molecule has 1 amide bonds. The second-order valence-corrected chi connectivity index (χ2v) is 4.05. The minimum absolute atomic E-state index is 0.135. The van der Waals surface area contributed by atoms with Gasteiger partial charge >= 0.3 is 5.97 Å². The third-order valence-corrected chi connectivity index (χ3v) is 2.46. The van der Waals surface area contributed by atoms with Crippen molar-refractivity contribution in [1.29, 1.82) is 0 Å². The summed E-state index contributed by atoms with van der Waals surface area (Å²) in [5.74, 6) is -1.49. The molecule has 2 atom stereocenters. The number of hydrogen-bond acceptors (Lipinski definition) is 4. The predicted molar refractivity (Wildman–Crippen MR) is 65.0 cm³/mol. The van der Waals surface area contributed by atoms with Crippen LogP contribution in [0.1, 0.15) is 12.5 Å². The second kappa shape index (κ2) is 6.02. The number of hydrogen-bond donors (Lipinski definition) is 4. The number of phenolic OH excluding ortho intramolecular Hbond substituents is 1. The predicted octanol–water partition coefficient (Wildman–Crippen LogP) is -0.149. The standard InChI is InChI=1S/C12H16N2O4/c1-7(12(17)18)14-11(16)10(13)6-8-2-4-9(15)5-3-8/h2-5,7,10,15H,6,13H2,1H3,(H,14,16)(H,17,18)/t7-,10-/m1/s1. The Morgan fingerprint density at radius 2 is 1.89 bits per heavy atom. The number of phenols is 1. The summed E-state index contributed by atoms with van der Waals surface area (Å²) < 4.78 is 0. The highest BCUT2D eigenvalue weighted by Crippen LogP contribution is 2.10. The number of rotatable bonds is 5. The molecule has 0 aliphatic heterocycles. The van der Waals surface area contributed by atoms with E-state index < -0.39 is 24.0 Å². The van der Waals surface area contributed by atoms with Gasteiger partial charge in [0.05, 0.1) is 6.04 Å². The van der Waals surface area contributed by atoms with Gasteiger partial charge < -0.3 is 21.3 Å². The molecule has 5 N–H and O–H groups in total. The lowest BCUT2D eigenvalue weighted by molar-refractivity contribution is -0.141. The number of carboxylic acids is 1. The van der Waals surface area contributed by atoms with Gasteiger partial charge in [-0.3, -0.25) is 9.59 Å². The van der Waals surface area contributed by atoms with E-state index in [9.17, 15) is 9.59 Å². The fourth-order valence-corrected chi connectivity index (χ4v) is 1.36. The van der Waals surface area contributed by atoms with Crippen molar-refractivity contribution in [3.05, 3.63) is 29.8 Å². The van der Waals surface area contributed by atoms with Crippen LogP contribution in [-0.4, -0.2) is 34.2 Å². The van der Waals surface area contributed by atoms with Crippen molar-refractivity contribution in [1.82, 2.24) is 5.32 Å². The van der Waals surface area contributed by atoms with Crippen LogP contribution < -0.4 is 11.1 Å². The molecule has 1 aromatic rings. The summed E-state index contributed by atoms with van der Waals surface area (Å²) in [4.78, 5) is 22.2. The molecule has 18 heavy (non-hydrogen) atoms. The van der Waals surface area contributed by atoms with E-state index in [1.165, 1.54) is 19.1 Å². The molecule has 1 aromatic carbocycles. The highest BCUT2D eigenvalue weighted by molar-refractivity contribution is 5.86. The molecule has 6 nitrogen and oxygen atoms in total. The van der Waals surface area contributed by atoms with E-state index in [1.54, 1.807) is 12.1 Å². The lowest BCUT2D eigenvalue weighted by atomic mass is 10.1. The Hall–Kier alpha value is -2.08. The zero-order valence-corrected chi connectivity index (χ0v) is 9.96. The molecule has 6 heteroatoms. The average Bonchev–Trinajstić information content (AvgIpc) is 2.31. The minimum Gasteiger partial charge on any atom is -0.508 e. The molecule has 0 aliphatic carbocycles. The Morgan fingerprint density at radius 1 is 1.33 bits per heavy atom. The maximum absolute atomic E-state index is 11.6. The molecule has 0 spiro atoms. The third-order valence-electron chi connectivity index (χ3n) is 2.46. The molecule has 0 heterocycles. The van der Waals surface area contributed by atoms with Gasteiger partial charge in [-0.05, 0) is 31.0 Å². The fraction of sp³-hybridized carbons (Fsp3) is 0.333. The number of nitrogens with one attached hydrogen (secondary N) is 1. The van der Waals surface area contributed by atoms with E-state index in [0.717, 1.165) is 5.56 Å². The number of carbonyl (C=O) groups is 2. The molecular formula is C12H16N2O4. The summed E-state index contributed by atoms with van der Waals surface area (Å²) in [5, 5.41) is 20.1. The third kappa shape index (κ3) is 4.06. The van der Waals surface area contributed by atoms with Crippen LogP contribution in [-0.2, 0) is 16.0 Å². The van der Waals surface area contributed by atoms with E-state index in [4.69, 9.17) is 15.9 Å². The van der Waals surface area contributed by atoms with Gasteiger partial charge in [0.15, 0.2) is 0 Å². The molecule has 0 radical (unpaired) electrons. The van der Waals surface area contributed by atoms with Crippen molar-refractivity contribution < 1.29 is 19.8 Å². The number of carboxylic acid groups (broad SMARTS) is 1. The van der Waals surface area contributed by atoms with Gasteiger partial charge in [0.2, 0.25) is 5.91 Å². The summed E-state index contributed by atoms with van der Waals surface area (Å²) in [6, 6.07) is 4.52. The van der Waals surface area contributed by atoms with Gasteiger partial charge in [-0.15, -0.1) is 0 Å². The van der Waals surface area contributed by atoms with Gasteiger partial charge in [-0.1, -0.05) is 12.1 Å². The number of carbonyl (C=O) groups excluding carboxylic acids is 1. The molecule has 0 aromatic heterocycles. The maximum Gasteiger partial charge on any atom is 0.325 e. The van der Waals surface area contributed by atoms with E-state index in [2.05, 4.69) is 5.32 Å². The van der Waals surface area contributed by atoms with Crippen molar-refractivity contribution in [2.24, 2.45) is 5.73 Å². The number of aromatic hydroxyl groups is 1. The zero-order valence-electron chi connectivity index (χ0n) is 9.96. The monoisotopic (exact) mass is 252 g/mol. The molecule has 0 saturated carbocycles. The lowest BCUT2D eigenvalue weighted by Gasteiger charge is -2.14. The van der Waals surface area contributed by atoms with Crippen molar-refractivity contribution in [2.75, 3.05) is 0 Å². The van der Waals surface area contributed by atoms with Crippen molar-refractivity contribution >= 4 is 11.9 Å². The molecular weight excluding hydrogens is 236 g/mol. The Labute approximate surface area is 104 Å². The van der Waals surface area contributed by atoms with Crippen LogP contribution in [0.25, 0.3) is 0 Å². The highest BCUT2D eigenvalue weighted by Gasteiger charge is 2.19. The van der Waals surface area contributed by atoms with Crippen molar-refractivity contribution in [2.45, 2.75) is 25.4 Å². The topological polar surface area (TPSA) is 113 Å². The second-order valence-electron chi connectivity index (χ2n) is 4.05. The number of aliphatic carboxylic acids is 1. The number of amides is 1. The minimum atomic E-state index is -1.11. The molecule has 0 fully saturated rings. The fourth-order valence-electron chi connectivity index (χ4n) is 1.36. The summed E-state index contributed by atoms with van der Waals surface area (Å²) in [6.07, 6.45) is 0.276. The first-order valence-electron chi connectivity index (χ1n) is 5.47. The lowest BCUT2D eigenvalue weighted by Crippen LogP contribution is -2.47. The van der Waals surface area contributed by atoms with E-state index >= 15 is 0 Å². The van der Waals surface area contributed by atoms with Crippen LogP contribution in [0, 0.1) is 0 Å². The smallest absolute Gasteiger partial charge is 0.325 e. The average molecular weight is 252 g/mol. The molecule has 1 rings (SSSR count). The Kier molecular flexibility index (Phi) is 4.67. The Morgan fingerprint density at radius 3 is 2.39 bits per heavy atom. The van der Waals surface area contributed by atoms with Crippen LogP contribution in [0.4, 0.5) is 0 Å². The van der Waals surface area contributed by atoms with Crippen LogP contribution in [0.5, 0.6) is 5.75 Å². The summed E-state index contributed by atoms with van der Waals surface area (Å²) in [7, 11) is 0. The van der Waals surface area contributed by atoms with Gasteiger partial charge in [-0.2, -0.15) is 0 Å². The van der Waals surface area contributed by atoms with Crippen molar-refractivity contribution in [3.63, 3.8) is 0 Å². The molecule has 0 bridgehead atoms. The zero-order chi connectivity index (χ0) is 13.7. The first-order chi connectivity index (χ1) is 8.40. The number of benzene rings is 1. The SMILES string of the molecule is C[C@@H](NC(=O)[C@H](N)Cc1ccc(O)cc1)C(=O)O. The summed E-state index contributed by atoms with van der Waals surface area (Å²) in [5.41, 5.74) is 6.46. The Bertz CT molecular complexity index is 430. The van der Waals surface area contributed by atoms with Crippen LogP contribution in [0.2, 0.25) is 0 Å². The van der Waals surface area contributed by atoms with Crippen molar-refractivity contribution in [3.8, 4) is 5.75 Å². The largest absolute Gasteiger partial charge is 0.508 e. The van der Waals surface area contributed by atoms with E-state index in [1.807, 2.05) is 0 Å². The van der Waals surface area contributed by atoms with Crippen LogP contribution >= 0.6 is 0 Å². The molecule has 98 valence electrons. The maximum atomic E-state index is 11.6. The number of nitrogens with two attached hydrogens (primary N) is 1. The summed E-state index contributed by atoms with van der Waals surface area (Å²) in [6.45, 7) is 1.37. The van der Waals surface area contributed by atoms with Gasteiger partial charge in [-0.25, -0.2) is 0 Å². The van der Waals surface area contributed by atoms with E-state index in [0.29, 0.717) is 0 Å².